The van der Waals surface area contributed by atoms with Gasteiger partial charge in [-0.2, -0.15) is 0 Å². The predicted octanol–water partition coefficient (Wildman–Crippen LogP) is 2.26. The second-order valence-corrected chi connectivity index (χ2v) is 4.34. The third kappa shape index (κ3) is 7.31. The van der Waals surface area contributed by atoms with Crippen molar-refractivity contribution in [3.63, 3.8) is 0 Å². The van der Waals surface area contributed by atoms with Crippen LogP contribution in [-0.4, -0.2) is 25.1 Å². The van der Waals surface area contributed by atoms with E-state index in [2.05, 4.69) is 5.32 Å². The summed E-state index contributed by atoms with van der Waals surface area (Å²) in [5.41, 5.74) is 5.67. The molecular formula is C14H22ClFN2O2. The Kier molecular flexibility index (Phi) is 9.76. The SMILES string of the molecule is CCCC(N)C(=O)NCCCOc1ccc(F)cc1.Cl. The van der Waals surface area contributed by atoms with Crippen LogP contribution < -0.4 is 15.8 Å². The number of nitrogens with one attached hydrogen (secondary N) is 1. The quantitative estimate of drug-likeness (QED) is 0.724. The molecule has 0 spiro atoms. The second kappa shape index (κ2) is 10.5. The molecule has 0 aliphatic carbocycles. The van der Waals surface area contributed by atoms with E-state index in [1.54, 1.807) is 12.1 Å². The maximum Gasteiger partial charge on any atom is 0.236 e. The van der Waals surface area contributed by atoms with Crippen LogP contribution in [0.1, 0.15) is 26.2 Å². The van der Waals surface area contributed by atoms with Gasteiger partial charge in [-0.15, -0.1) is 12.4 Å². The Hall–Kier alpha value is -1.33. The molecule has 0 radical (unpaired) electrons. The molecule has 3 N–H and O–H groups in total. The van der Waals surface area contributed by atoms with Crippen LogP contribution in [0.5, 0.6) is 5.75 Å². The van der Waals surface area contributed by atoms with Crippen molar-refractivity contribution in [3.05, 3.63) is 30.1 Å². The van der Waals surface area contributed by atoms with Crippen molar-refractivity contribution in [1.29, 1.82) is 0 Å². The van der Waals surface area contributed by atoms with Crippen molar-refractivity contribution in [3.8, 4) is 5.75 Å². The lowest BCUT2D eigenvalue weighted by Crippen LogP contribution is -2.41. The molecule has 0 heterocycles. The number of hydrogen-bond acceptors (Lipinski definition) is 3. The van der Waals surface area contributed by atoms with Gasteiger partial charge in [0, 0.05) is 6.54 Å². The lowest BCUT2D eigenvalue weighted by molar-refractivity contribution is -0.122. The van der Waals surface area contributed by atoms with Gasteiger partial charge in [0.15, 0.2) is 0 Å². The number of carbonyl (C=O) groups excluding carboxylic acids is 1. The lowest BCUT2D eigenvalue weighted by Gasteiger charge is -2.11. The fourth-order valence-corrected chi connectivity index (χ4v) is 1.58. The number of benzene rings is 1. The van der Waals surface area contributed by atoms with Crippen molar-refractivity contribution >= 4 is 18.3 Å². The fraction of sp³-hybridized carbons (Fsp3) is 0.500. The summed E-state index contributed by atoms with van der Waals surface area (Å²) in [6.45, 7) is 2.98. The van der Waals surface area contributed by atoms with Crippen LogP contribution in [0, 0.1) is 5.82 Å². The first-order valence-corrected chi connectivity index (χ1v) is 6.55. The topological polar surface area (TPSA) is 64.4 Å². The zero-order chi connectivity index (χ0) is 14.1. The number of nitrogens with two attached hydrogens (primary N) is 1. The molecule has 1 unspecified atom stereocenters. The van der Waals surface area contributed by atoms with Gasteiger partial charge in [0.25, 0.3) is 0 Å². The van der Waals surface area contributed by atoms with Crippen LogP contribution in [0.2, 0.25) is 0 Å². The van der Waals surface area contributed by atoms with E-state index < -0.39 is 6.04 Å². The highest BCUT2D eigenvalue weighted by atomic mass is 35.5. The molecule has 0 fully saturated rings. The minimum absolute atomic E-state index is 0. The van der Waals surface area contributed by atoms with Gasteiger partial charge < -0.3 is 15.8 Å². The minimum atomic E-state index is -0.428. The van der Waals surface area contributed by atoms with E-state index in [0.717, 1.165) is 6.42 Å². The monoisotopic (exact) mass is 304 g/mol. The van der Waals surface area contributed by atoms with Gasteiger partial charge in [0.2, 0.25) is 5.91 Å². The maximum atomic E-state index is 12.6. The predicted molar refractivity (Wildman–Crippen MR) is 79.7 cm³/mol. The van der Waals surface area contributed by atoms with Gasteiger partial charge in [-0.25, -0.2) is 4.39 Å². The Labute approximate surface area is 125 Å². The van der Waals surface area contributed by atoms with Crippen LogP contribution in [0.4, 0.5) is 4.39 Å². The molecule has 1 rings (SSSR count). The van der Waals surface area contributed by atoms with Crippen LogP contribution in [0.15, 0.2) is 24.3 Å². The molecule has 6 heteroatoms. The van der Waals surface area contributed by atoms with E-state index in [4.69, 9.17) is 10.5 Å². The smallest absolute Gasteiger partial charge is 0.236 e. The molecule has 0 aliphatic rings. The Morgan fingerprint density at radius 1 is 1.40 bits per heavy atom. The molecule has 1 amide bonds. The number of carbonyl (C=O) groups is 1. The van der Waals surface area contributed by atoms with Crippen molar-refractivity contribution in [2.45, 2.75) is 32.2 Å². The van der Waals surface area contributed by atoms with Crippen LogP contribution in [-0.2, 0) is 4.79 Å². The summed E-state index contributed by atoms with van der Waals surface area (Å²) in [5, 5.41) is 2.76. The van der Waals surface area contributed by atoms with E-state index in [1.165, 1.54) is 12.1 Å². The van der Waals surface area contributed by atoms with E-state index in [0.29, 0.717) is 31.7 Å². The van der Waals surface area contributed by atoms with E-state index >= 15 is 0 Å². The molecule has 0 aromatic heterocycles. The summed E-state index contributed by atoms with van der Waals surface area (Å²) in [4.78, 5) is 11.5. The highest BCUT2D eigenvalue weighted by molar-refractivity contribution is 5.85. The summed E-state index contributed by atoms with van der Waals surface area (Å²) < 4.78 is 18.0. The van der Waals surface area contributed by atoms with E-state index in [9.17, 15) is 9.18 Å². The Morgan fingerprint density at radius 3 is 2.65 bits per heavy atom. The minimum Gasteiger partial charge on any atom is -0.494 e. The van der Waals surface area contributed by atoms with Crippen LogP contribution in [0.25, 0.3) is 0 Å². The molecule has 0 bridgehead atoms. The Bertz CT molecular complexity index is 387. The highest BCUT2D eigenvalue weighted by Crippen LogP contribution is 2.10. The maximum absolute atomic E-state index is 12.6. The lowest BCUT2D eigenvalue weighted by atomic mass is 10.2. The van der Waals surface area contributed by atoms with Gasteiger partial charge in [0.05, 0.1) is 12.6 Å². The Morgan fingerprint density at radius 2 is 2.05 bits per heavy atom. The standard InChI is InChI=1S/C14H21FN2O2.ClH/c1-2-4-13(16)14(18)17-9-3-10-19-12-7-5-11(15)6-8-12;/h5-8,13H,2-4,9-10,16H2,1H3,(H,17,18);1H. The molecule has 1 atom stereocenters. The first-order chi connectivity index (χ1) is 9.13. The van der Waals surface area contributed by atoms with Crippen molar-refractivity contribution in [1.82, 2.24) is 5.32 Å². The first kappa shape index (κ1) is 18.7. The molecule has 0 aliphatic heterocycles. The molecular weight excluding hydrogens is 283 g/mol. The summed E-state index contributed by atoms with van der Waals surface area (Å²) in [7, 11) is 0. The molecule has 0 saturated carbocycles. The normalized spacial score (nSPS) is 11.3. The second-order valence-electron chi connectivity index (χ2n) is 4.34. The van der Waals surface area contributed by atoms with Gasteiger partial charge in [-0.1, -0.05) is 13.3 Å². The number of halogens is 2. The molecule has 0 saturated heterocycles. The largest absolute Gasteiger partial charge is 0.494 e. The molecule has 4 nitrogen and oxygen atoms in total. The van der Waals surface area contributed by atoms with Crippen molar-refractivity contribution < 1.29 is 13.9 Å². The number of ether oxygens (including phenoxy) is 1. The van der Waals surface area contributed by atoms with Crippen molar-refractivity contribution in [2.24, 2.45) is 5.73 Å². The first-order valence-electron chi connectivity index (χ1n) is 6.55. The summed E-state index contributed by atoms with van der Waals surface area (Å²) >= 11 is 0. The zero-order valence-corrected chi connectivity index (χ0v) is 12.4. The molecule has 1 aromatic rings. The van der Waals surface area contributed by atoms with Gasteiger partial charge in [-0.3, -0.25) is 4.79 Å². The molecule has 20 heavy (non-hydrogen) atoms. The number of amides is 1. The zero-order valence-electron chi connectivity index (χ0n) is 11.6. The van der Waals surface area contributed by atoms with Crippen LogP contribution >= 0.6 is 12.4 Å². The summed E-state index contributed by atoms with van der Waals surface area (Å²) in [6, 6.07) is 5.42. The number of hydrogen-bond donors (Lipinski definition) is 2. The number of rotatable bonds is 8. The third-order valence-electron chi connectivity index (χ3n) is 2.64. The highest BCUT2D eigenvalue weighted by Gasteiger charge is 2.10. The van der Waals surface area contributed by atoms with Crippen molar-refractivity contribution in [2.75, 3.05) is 13.2 Å². The van der Waals surface area contributed by atoms with E-state index in [-0.39, 0.29) is 24.1 Å². The third-order valence-corrected chi connectivity index (χ3v) is 2.64. The fourth-order valence-electron chi connectivity index (χ4n) is 1.58. The van der Waals surface area contributed by atoms with Gasteiger partial charge in [0.1, 0.15) is 11.6 Å². The Balaban J connectivity index is 0.00000361. The summed E-state index contributed by atoms with van der Waals surface area (Å²) in [5.74, 6) is 0.212. The molecule has 1 aromatic carbocycles. The average Bonchev–Trinajstić information content (AvgIpc) is 2.40. The average molecular weight is 305 g/mol. The summed E-state index contributed by atoms with van der Waals surface area (Å²) in [6.07, 6.45) is 2.27. The van der Waals surface area contributed by atoms with Crippen LogP contribution in [0.3, 0.4) is 0 Å². The van der Waals surface area contributed by atoms with Gasteiger partial charge in [-0.05, 0) is 37.1 Å². The van der Waals surface area contributed by atoms with Gasteiger partial charge >= 0.3 is 0 Å². The van der Waals surface area contributed by atoms with E-state index in [1.807, 2.05) is 6.92 Å². The molecule has 114 valence electrons.